The number of aliphatic imine (C=N–C) groups is 2. The van der Waals surface area contributed by atoms with E-state index in [1.807, 2.05) is 7.05 Å². The molecule has 5 nitrogen and oxygen atoms in total. The van der Waals surface area contributed by atoms with Gasteiger partial charge in [0.25, 0.3) is 0 Å². The van der Waals surface area contributed by atoms with Gasteiger partial charge < -0.3 is 15.1 Å². The number of phenolic OH excluding ortho intramolecular Hbond substituents is 2. The molecular formula is C21H23Cl4N3O2. The number of hydrogen-bond acceptors (Lipinski definition) is 5. The minimum Gasteiger partial charge on any atom is -0.506 e. The van der Waals surface area contributed by atoms with Crippen molar-refractivity contribution in [2.45, 2.75) is 12.8 Å². The first-order chi connectivity index (χ1) is 14.3. The molecule has 2 N–H and O–H groups in total. The summed E-state index contributed by atoms with van der Waals surface area (Å²) < 4.78 is 0. The monoisotopic (exact) mass is 489 g/mol. The number of benzene rings is 2. The van der Waals surface area contributed by atoms with Crippen LogP contribution in [0.3, 0.4) is 0 Å². The highest BCUT2D eigenvalue weighted by molar-refractivity contribution is 6.36. The summed E-state index contributed by atoms with van der Waals surface area (Å²) >= 11 is 23.6. The van der Waals surface area contributed by atoms with Crippen molar-refractivity contribution in [3.05, 3.63) is 55.5 Å². The maximum absolute atomic E-state index is 9.89. The van der Waals surface area contributed by atoms with Gasteiger partial charge in [0, 0.05) is 46.7 Å². The van der Waals surface area contributed by atoms with Crippen LogP contribution in [0.15, 0.2) is 34.3 Å². The third-order valence-electron chi connectivity index (χ3n) is 4.23. The lowest BCUT2D eigenvalue weighted by atomic mass is 10.2. The minimum atomic E-state index is -0.0177. The van der Waals surface area contributed by atoms with Crippen molar-refractivity contribution in [3.63, 3.8) is 0 Å². The van der Waals surface area contributed by atoms with Gasteiger partial charge in [0.05, 0.1) is 10.0 Å². The number of halogens is 4. The van der Waals surface area contributed by atoms with Crippen molar-refractivity contribution in [3.8, 4) is 11.5 Å². The molecule has 0 aliphatic heterocycles. The van der Waals surface area contributed by atoms with Crippen molar-refractivity contribution in [1.29, 1.82) is 0 Å². The van der Waals surface area contributed by atoms with Crippen LogP contribution in [0.1, 0.15) is 24.0 Å². The van der Waals surface area contributed by atoms with Crippen LogP contribution in [0.25, 0.3) is 0 Å². The number of aromatic hydroxyl groups is 2. The Morgan fingerprint density at radius 1 is 0.767 bits per heavy atom. The molecule has 0 heterocycles. The molecule has 9 heteroatoms. The van der Waals surface area contributed by atoms with E-state index in [0.29, 0.717) is 34.3 Å². The molecule has 0 fully saturated rings. The van der Waals surface area contributed by atoms with E-state index in [4.69, 9.17) is 46.4 Å². The van der Waals surface area contributed by atoms with E-state index >= 15 is 0 Å². The predicted molar refractivity (Wildman–Crippen MR) is 128 cm³/mol. The normalized spacial score (nSPS) is 11.9. The fourth-order valence-electron chi connectivity index (χ4n) is 2.67. The summed E-state index contributed by atoms with van der Waals surface area (Å²) in [6.07, 6.45) is 4.92. The SMILES string of the molecule is CN(CCCN=Cc1cc(Cl)cc(Cl)c1O)CCCN=Cc1cc(Cl)cc(Cl)c1O. The van der Waals surface area contributed by atoms with Crippen LogP contribution in [0.2, 0.25) is 20.1 Å². The van der Waals surface area contributed by atoms with Crippen LogP contribution in [0.4, 0.5) is 0 Å². The van der Waals surface area contributed by atoms with Crippen molar-refractivity contribution in [2.24, 2.45) is 9.98 Å². The van der Waals surface area contributed by atoms with E-state index < -0.39 is 0 Å². The zero-order chi connectivity index (χ0) is 22.1. The summed E-state index contributed by atoms with van der Waals surface area (Å²) in [6.45, 7) is 3.02. The van der Waals surface area contributed by atoms with Gasteiger partial charge in [-0.1, -0.05) is 46.4 Å². The lowest BCUT2D eigenvalue weighted by Gasteiger charge is -2.14. The molecule has 2 rings (SSSR count). The minimum absolute atomic E-state index is 0.0177. The Kier molecular flexibility index (Phi) is 10.2. The van der Waals surface area contributed by atoms with Crippen LogP contribution in [-0.4, -0.2) is 60.8 Å². The highest BCUT2D eigenvalue weighted by Crippen LogP contribution is 2.30. The molecule has 0 unspecified atom stereocenters. The molecule has 0 radical (unpaired) electrons. The van der Waals surface area contributed by atoms with Gasteiger partial charge in [0.15, 0.2) is 0 Å². The lowest BCUT2D eigenvalue weighted by molar-refractivity contribution is 0.329. The molecule has 2 aromatic rings. The highest BCUT2D eigenvalue weighted by atomic mass is 35.5. The van der Waals surface area contributed by atoms with Crippen molar-refractivity contribution in [1.82, 2.24) is 4.90 Å². The maximum Gasteiger partial charge on any atom is 0.143 e. The molecule has 0 aliphatic rings. The second-order valence-electron chi connectivity index (χ2n) is 6.73. The number of phenols is 2. The summed E-state index contributed by atoms with van der Waals surface area (Å²) in [5, 5.41) is 21.1. The topological polar surface area (TPSA) is 68.4 Å². The Bertz CT molecular complexity index is 846. The lowest BCUT2D eigenvalue weighted by Crippen LogP contribution is -2.22. The Morgan fingerprint density at radius 2 is 1.17 bits per heavy atom. The number of rotatable bonds is 10. The molecule has 0 saturated heterocycles. The van der Waals surface area contributed by atoms with E-state index in [1.165, 1.54) is 12.1 Å². The van der Waals surface area contributed by atoms with Gasteiger partial charge in [-0.25, -0.2) is 0 Å². The van der Waals surface area contributed by atoms with Gasteiger partial charge in [-0.15, -0.1) is 0 Å². The first-order valence-corrected chi connectivity index (χ1v) is 10.8. The van der Waals surface area contributed by atoms with Crippen molar-refractivity contribution in [2.75, 3.05) is 33.2 Å². The number of nitrogens with zero attached hydrogens (tertiary/aromatic N) is 3. The summed E-state index contributed by atoms with van der Waals surface area (Å²) in [6, 6.07) is 6.22. The number of hydrogen-bond donors (Lipinski definition) is 2. The summed E-state index contributed by atoms with van der Waals surface area (Å²) in [5.74, 6) is -0.0355. The van der Waals surface area contributed by atoms with Crippen LogP contribution in [-0.2, 0) is 0 Å². The van der Waals surface area contributed by atoms with E-state index in [1.54, 1.807) is 24.6 Å². The van der Waals surface area contributed by atoms with E-state index in [0.717, 1.165) is 25.9 Å². The summed E-state index contributed by atoms with van der Waals surface area (Å²) in [7, 11) is 2.04. The van der Waals surface area contributed by atoms with Gasteiger partial charge in [-0.05, 0) is 57.2 Å². The molecule has 0 bridgehead atoms. The standard InChI is InChI=1S/C21H23Cl4N3O2/c1-28(6-2-4-26-12-14-8-16(22)10-18(24)20(14)29)7-3-5-27-13-15-9-17(23)11-19(25)21(15)30/h8-13,29-30H,2-7H2,1H3. The van der Waals surface area contributed by atoms with Gasteiger partial charge in [0.2, 0.25) is 0 Å². The fraction of sp³-hybridized carbons (Fsp3) is 0.333. The van der Waals surface area contributed by atoms with E-state index in [-0.39, 0.29) is 21.5 Å². The van der Waals surface area contributed by atoms with E-state index in [9.17, 15) is 10.2 Å². The summed E-state index contributed by atoms with van der Waals surface area (Å²) in [5.41, 5.74) is 1.01. The molecule has 0 aromatic heterocycles. The maximum atomic E-state index is 9.89. The van der Waals surface area contributed by atoms with Gasteiger partial charge in [0.1, 0.15) is 11.5 Å². The predicted octanol–water partition coefficient (Wildman–Crippen LogP) is 5.96. The Labute approximate surface area is 196 Å². The van der Waals surface area contributed by atoms with Gasteiger partial charge in [-0.2, -0.15) is 0 Å². The third-order valence-corrected chi connectivity index (χ3v) is 5.24. The van der Waals surface area contributed by atoms with Crippen molar-refractivity contribution < 1.29 is 10.2 Å². The Balaban J connectivity index is 1.67. The molecular weight excluding hydrogens is 468 g/mol. The Hall–Kier alpha value is -1.50. The van der Waals surface area contributed by atoms with Crippen LogP contribution >= 0.6 is 46.4 Å². The molecule has 2 aromatic carbocycles. The average molecular weight is 491 g/mol. The smallest absolute Gasteiger partial charge is 0.143 e. The molecule has 0 atom stereocenters. The van der Waals surface area contributed by atoms with Crippen molar-refractivity contribution >= 4 is 58.8 Å². The van der Waals surface area contributed by atoms with Crippen LogP contribution < -0.4 is 0 Å². The van der Waals surface area contributed by atoms with Gasteiger partial charge in [-0.3, -0.25) is 9.98 Å². The first-order valence-electron chi connectivity index (χ1n) is 9.32. The molecule has 162 valence electrons. The van der Waals surface area contributed by atoms with E-state index in [2.05, 4.69) is 14.9 Å². The Morgan fingerprint density at radius 3 is 1.57 bits per heavy atom. The molecule has 0 aliphatic carbocycles. The zero-order valence-corrected chi connectivity index (χ0v) is 19.5. The van der Waals surface area contributed by atoms with Crippen LogP contribution in [0, 0.1) is 0 Å². The molecule has 0 amide bonds. The quantitative estimate of drug-likeness (QED) is 0.318. The fourth-order valence-corrected chi connectivity index (χ4v) is 3.69. The second kappa shape index (κ2) is 12.4. The largest absolute Gasteiger partial charge is 0.506 e. The molecule has 30 heavy (non-hydrogen) atoms. The summed E-state index contributed by atoms with van der Waals surface area (Å²) in [4.78, 5) is 10.9. The zero-order valence-electron chi connectivity index (χ0n) is 16.5. The average Bonchev–Trinajstić information content (AvgIpc) is 2.68. The highest BCUT2D eigenvalue weighted by Gasteiger charge is 2.06. The second-order valence-corrected chi connectivity index (χ2v) is 8.42. The van der Waals surface area contributed by atoms with Crippen LogP contribution in [0.5, 0.6) is 11.5 Å². The third kappa shape index (κ3) is 7.97. The molecule has 0 spiro atoms. The van der Waals surface area contributed by atoms with Gasteiger partial charge >= 0.3 is 0 Å². The first kappa shape index (κ1) is 24.8. The molecule has 0 saturated carbocycles.